The van der Waals surface area contributed by atoms with Crippen LogP contribution in [0.3, 0.4) is 0 Å². The highest BCUT2D eigenvalue weighted by molar-refractivity contribution is 7.09. The topological polar surface area (TPSA) is 160 Å². The van der Waals surface area contributed by atoms with E-state index in [4.69, 9.17) is 5.73 Å². The van der Waals surface area contributed by atoms with Gasteiger partial charge in [0, 0.05) is 42.2 Å². The fraction of sp³-hybridized carbons (Fsp3) is 0.552. The van der Waals surface area contributed by atoms with Gasteiger partial charge in [0.25, 0.3) is 0 Å². The van der Waals surface area contributed by atoms with Crippen LogP contribution in [0.1, 0.15) is 86.2 Å². The largest absolute Gasteiger partial charge is 0.368 e. The van der Waals surface area contributed by atoms with Crippen LogP contribution >= 0.6 is 11.3 Å². The Morgan fingerprint density at radius 1 is 1.15 bits per heavy atom. The zero-order valence-electron chi connectivity index (χ0n) is 24.3. The van der Waals surface area contributed by atoms with Gasteiger partial charge in [-0.25, -0.2) is 15.0 Å². The molecule has 1 aliphatic carbocycles. The van der Waals surface area contributed by atoms with Crippen molar-refractivity contribution in [2.75, 3.05) is 18.8 Å². The van der Waals surface area contributed by atoms with Crippen LogP contribution in [0.4, 0.5) is 5.95 Å². The maximum Gasteiger partial charge on any atom is 0.228 e. The Labute approximate surface area is 243 Å². The number of Topliss-reactive ketones (excluding diaryl/α,β-unsaturated/α-hetero) is 1. The number of nitrogens with zero attached hydrogens (tertiary/aromatic N) is 5. The van der Waals surface area contributed by atoms with Gasteiger partial charge >= 0.3 is 0 Å². The van der Waals surface area contributed by atoms with Gasteiger partial charge in [0.2, 0.25) is 17.8 Å². The quantitative estimate of drug-likeness (QED) is 0.360. The van der Waals surface area contributed by atoms with E-state index in [-0.39, 0.29) is 53.3 Å². The molecule has 3 aromatic heterocycles. The van der Waals surface area contributed by atoms with Crippen molar-refractivity contribution < 1.29 is 14.4 Å². The van der Waals surface area contributed by atoms with Crippen molar-refractivity contribution in [1.29, 1.82) is 0 Å². The second kappa shape index (κ2) is 11.0. The first-order chi connectivity index (χ1) is 19.3. The lowest BCUT2D eigenvalue weighted by molar-refractivity contribution is -0.132. The number of amides is 2. The Bertz CT molecular complexity index is 1480. The molecule has 3 aromatic rings. The van der Waals surface area contributed by atoms with Crippen LogP contribution in [-0.4, -0.2) is 66.3 Å². The normalized spacial score (nSPS) is 16.7. The van der Waals surface area contributed by atoms with Crippen LogP contribution in [0.25, 0.3) is 11.4 Å². The molecule has 2 amide bonds. The number of aromatic amines is 1. The number of anilines is 1. The molecule has 0 unspecified atom stereocenters. The molecule has 0 aromatic carbocycles. The Balaban J connectivity index is 1.18. The molecule has 0 radical (unpaired) electrons. The van der Waals surface area contributed by atoms with Gasteiger partial charge in [0.05, 0.1) is 24.2 Å². The maximum atomic E-state index is 13.4. The smallest absolute Gasteiger partial charge is 0.228 e. The van der Waals surface area contributed by atoms with Crippen molar-refractivity contribution in [1.82, 2.24) is 35.4 Å². The molecule has 4 heterocycles. The van der Waals surface area contributed by atoms with Crippen LogP contribution in [0.2, 0.25) is 0 Å². The van der Waals surface area contributed by atoms with E-state index < -0.39 is 0 Å². The Hall–Kier alpha value is -3.67. The zero-order valence-corrected chi connectivity index (χ0v) is 25.2. The molecule has 11 nitrogen and oxygen atoms in total. The maximum absolute atomic E-state index is 13.4. The lowest BCUT2D eigenvalue weighted by Crippen LogP contribution is -2.43. The predicted molar refractivity (Wildman–Crippen MR) is 156 cm³/mol. The van der Waals surface area contributed by atoms with Gasteiger partial charge < -0.3 is 16.0 Å². The number of H-pyrrole nitrogens is 1. The highest BCUT2D eigenvalue weighted by Crippen LogP contribution is 2.43. The molecule has 1 aliphatic heterocycles. The number of rotatable bonds is 7. The third-order valence-corrected chi connectivity index (χ3v) is 8.56. The van der Waals surface area contributed by atoms with E-state index in [1.165, 1.54) is 11.3 Å². The van der Waals surface area contributed by atoms with E-state index >= 15 is 0 Å². The second-order valence-corrected chi connectivity index (χ2v) is 13.8. The summed E-state index contributed by atoms with van der Waals surface area (Å²) in [4.78, 5) is 53.6. The summed E-state index contributed by atoms with van der Waals surface area (Å²) in [6.07, 6.45) is 4.83. The van der Waals surface area contributed by atoms with Crippen molar-refractivity contribution in [3.63, 3.8) is 0 Å². The number of hydrogen-bond acceptors (Lipinski definition) is 9. The molecular weight excluding hydrogens is 540 g/mol. The summed E-state index contributed by atoms with van der Waals surface area (Å²) in [5.41, 5.74) is 9.45. The Morgan fingerprint density at radius 2 is 1.88 bits per heavy atom. The molecule has 1 saturated heterocycles. The van der Waals surface area contributed by atoms with E-state index in [0.717, 1.165) is 24.0 Å². The Kier molecular flexibility index (Phi) is 7.71. The standard InChI is InChI=1S/C29H38N8O3S/c1-28(2,3)34-20(39)10-16-6-8-37(9-7-16)22(40)11-18-15-41-21(32-18)12-19(38)25-23-26(36-35-25)24-17(13-29(23,4)5)14-31-27(30)33-24/h14-16H,6-13H2,1-5H3,(H,34,39)(H,35,36)(H2,30,31,33). The van der Waals surface area contributed by atoms with Crippen LogP contribution in [0, 0.1) is 5.92 Å². The number of nitrogen functional groups attached to an aromatic ring is 1. The molecule has 1 fully saturated rings. The van der Waals surface area contributed by atoms with Crippen molar-refractivity contribution >= 4 is 34.9 Å². The highest BCUT2D eigenvalue weighted by Gasteiger charge is 2.38. The zero-order chi connectivity index (χ0) is 29.5. The molecule has 4 N–H and O–H groups in total. The number of hydrogen-bond donors (Lipinski definition) is 3. The van der Waals surface area contributed by atoms with Crippen molar-refractivity contribution in [3.8, 4) is 11.4 Å². The van der Waals surface area contributed by atoms with Crippen LogP contribution in [0.5, 0.6) is 0 Å². The monoisotopic (exact) mass is 578 g/mol. The summed E-state index contributed by atoms with van der Waals surface area (Å²) in [7, 11) is 0. The first kappa shape index (κ1) is 28.8. The van der Waals surface area contributed by atoms with E-state index in [1.807, 2.05) is 31.1 Å². The number of aromatic nitrogens is 5. The molecule has 12 heteroatoms. The summed E-state index contributed by atoms with van der Waals surface area (Å²) >= 11 is 1.38. The number of piperidine rings is 1. The van der Waals surface area contributed by atoms with Crippen LogP contribution in [-0.2, 0) is 34.3 Å². The fourth-order valence-electron chi connectivity index (χ4n) is 5.82. The number of thiazole rings is 1. The molecule has 0 saturated carbocycles. The number of nitrogens with two attached hydrogens (primary N) is 1. The van der Waals surface area contributed by atoms with Gasteiger partial charge in [-0.2, -0.15) is 5.10 Å². The SMILES string of the molecule is CC(C)(C)NC(=O)CC1CCN(C(=O)Cc2csc(CC(=O)c3[nH]nc4c3C(C)(C)Cc3cnc(N)nc3-4)n2)CC1. The summed E-state index contributed by atoms with van der Waals surface area (Å²) in [5, 5.41) is 12.9. The number of likely N-dealkylation sites (tertiary alicyclic amines) is 1. The molecule has 0 atom stereocenters. The molecule has 218 valence electrons. The molecular formula is C29H38N8O3S. The first-order valence-electron chi connectivity index (χ1n) is 14.0. The van der Waals surface area contributed by atoms with Gasteiger partial charge in [-0.3, -0.25) is 19.5 Å². The number of nitrogens with one attached hydrogen (secondary N) is 2. The van der Waals surface area contributed by atoms with E-state index in [0.29, 0.717) is 53.7 Å². The van der Waals surface area contributed by atoms with E-state index in [9.17, 15) is 14.4 Å². The summed E-state index contributed by atoms with van der Waals surface area (Å²) in [6.45, 7) is 11.4. The Morgan fingerprint density at radius 3 is 2.59 bits per heavy atom. The predicted octanol–water partition coefficient (Wildman–Crippen LogP) is 3.25. The molecule has 2 aliphatic rings. The van der Waals surface area contributed by atoms with Crippen LogP contribution < -0.4 is 11.1 Å². The second-order valence-electron chi connectivity index (χ2n) is 12.8. The van der Waals surface area contributed by atoms with Crippen molar-refractivity contribution in [2.45, 2.75) is 84.1 Å². The van der Waals surface area contributed by atoms with Gasteiger partial charge in [-0.1, -0.05) is 13.8 Å². The van der Waals surface area contributed by atoms with E-state index in [2.05, 4.69) is 44.3 Å². The number of carbonyl (C=O) groups is 3. The average Bonchev–Trinajstić information content (AvgIpc) is 3.52. The number of fused-ring (bicyclic) bond motifs is 3. The third kappa shape index (κ3) is 6.47. The number of carbonyl (C=O) groups excluding carboxylic acids is 3. The van der Waals surface area contributed by atoms with Crippen LogP contribution in [0.15, 0.2) is 11.6 Å². The average molecular weight is 579 g/mol. The minimum atomic E-state index is -0.343. The van der Waals surface area contributed by atoms with E-state index in [1.54, 1.807) is 6.20 Å². The minimum Gasteiger partial charge on any atom is -0.368 e. The van der Waals surface area contributed by atoms with Gasteiger partial charge in [-0.15, -0.1) is 11.3 Å². The first-order valence-corrected chi connectivity index (χ1v) is 14.9. The number of ketones is 1. The highest BCUT2D eigenvalue weighted by atomic mass is 32.1. The van der Waals surface area contributed by atoms with Crippen molar-refractivity contribution in [3.05, 3.63) is 39.1 Å². The van der Waals surface area contributed by atoms with Gasteiger partial charge in [-0.05, 0) is 56.9 Å². The molecule has 41 heavy (non-hydrogen) atoms. The minimum absolute atomic E-state index is 0.0232. The lowest BCUT2D eigenvalue weighted by Gasteiger charge is -2.32. The van der Waals surface area contributed by atoms with Crippen molar-refractivity contribution in [2.24, 2.45) is 5.92 Å². The third-order valence-electron chi connectivity index (χ3n) is 7.66. The summed E-state index contributed by atoms with van der Waals surface area (Å²) in [5.74, 6) is 0.435. The fourth-order valence-corrected chi connectivity index (χ4v) is 6.61. The molecule has 0 bridgehead atoms. The molecule has 5 rings (SSSR count). The van der Waals surface area contributed by atoms with Gasteiger partial charge in [0.15, 0.2) is 5.78 Å². The lowest BCUT2D eigenvalue weighted by atomic mass is 9.73. The van der Waals surface area contributed by atoms with Gasteiger partial charge in [0.1, 0.15) is 16.4 Å². The molecule has 0 spiro atoms. The summed E-state index contributed by atoms with van der Waals surface area (Å²) < 4.78 is 0. The summed E-state index contributed by atoms with van der Waals surface area (Å²) in [6, 6.07) is 0.